The quantitative estimate of drug-likeness (QED) is 0.578. The molecule has 0 aliphatic carbocycles. The van der Waals surface area contributed by atoms with Crippen LogP contribution < -0.4 is 5.32 Å². The van der Waals surface area contributed by atoms with E-state index in [1.165, 1.54) is 17.3 Å². The second kappa shape index (κ2) is 8.15. The van der Waals surface area contributed by atoms with Crippen molar-refractivity contribution in [3.63, 3.8) is 0 Å². The fraction of sp³-hybridized carbons (Fsp3) is 0.250. The summed E-state index contributed by atoms with van der Waals surface area (Å²) >= 11 is 7.16. The number of hydrogen-bond acceptors (Lipinski definition) is 5. The van der Waals surface area contributed by atoms with E-state index in [0.717, 1.165) is 11.3 Å². The van der Waals surface area contributed by atoms with Crippen molar-refractivity contribution in [1.29, 1.82) is 0 Å². The highest BCUT2D eigenvalue weighted by molar-refractivity contribution is 7.99. The molecule has 0 radical (unpaired) electrons. The highest BCUT2D eigenvalue weighted by Gasteiger charge is 2.14. The van der Waals surface area contributed by atoms with E-state index in [1.54, 1.807) is 12.1 Å². The van der Waals surface area contributed by atoms with Gasteiger partial charge in [0.15, 0.2) is 0 Å². The van der Waals surface area contributed by atoms with Gasteiger partial charge in [-0.2, -0.15) is 0 Å². The fourth-order valence-corrected chi connectivity index (χ4v) is 3.14. The van der Waals surface area contributed by atoms with Gasteiger partial charge in [0.25, 0.3) is 5.22 Å². The Balaban J connectivity index is 1.55. The van der Waals surface area contributed by atoms with Crippen LogP contribution in [0.15, 0.2) is 58.2 Å². The maximum atomic E-state index is 12.1. The van der Waals surface area contributed by atoms with Gasteiger partial charge in [-0.25, -0.2) is 0 Å². The maximum absolute atomic E-state index is 12.1. The summed E-state index contributed by atoms with van der Waals surface area (Å²) in [5.74, 6) is 0.419. The third kappa shape index (κ3) is 5.34. The van der Waals surface area contributed by atoms with Crippen LogP contribution in [-0.2, 0) is 10.2 Å². The fourth-order valence-electron chi connectivity index (χ4n) is 2.38. The van der Waals surface area contributed by atoms with Gasteiger partial charge in [0.1, 0.15) is 0 Å². The highest BCUT2D eigenvalue weighted by Crippen LogP contribution is 2.26. The Morgan fingerprint density at radius 2 is 1.89 bits per heavy atom. The number of aromatic nitrogens is 2. The van der Waals surface area contributed by atoms with E-state index in [1.807, 2.05) is 36.4 Å². The van der Waals surface area contributed by atoms with Crippen LogP contribution in [0.5, 0.6) is 0 Å². The van der Waals surface area contributed by atoms with Crippen LogP contribution in [0.25, 0.3) is 11.5 Å². The molecule has 27 heavy (non-hydrogen) atoms. The molecule has 2 aromatic carbocycles. The van der Waals surface area contributed by atoms with Crippen molar-refractivity contribution in [2.45, 2.75) is 31.4 Å². The third-order valence-corrected chi connectivity index (χ3v) is 4.89. The Morgan fingerprint density at radius 1 is 1.15 bits per heavy atom. The average Bonchev–Trinajstić information content (AvgIpc) is 3.09. The third-order valence-electron chi connectivity index (χ3n) is 3.84. The zero-order valence-electron chi connectivity index (χ0n) is 15.3. The average molecular weight is 402 g/mol. The van der Waals surface area contributed by atoms with E-state index < -0.39 is 0 Å². The molecule has 1 amide bonds. The standard InChI is InChI=1S/C20H20ClN3O2S/c1-20(2,3)14-7-9-16(10-8-14)22-17(25)12-27-19-24-23-18(26-19)13-5-4-6-15(21)11-13/h4-11H,12H2,1-3H3,(H,22,25). The van der Waals surface area contributed by atoms with Crippen LogP contribution in [0.1, 0.15) is 26.3 Å². The van der Waals surface area contributed by atoms with E-state index in [-0.39, 0.29) is 17.1 Å². The molecule has 0 spiro atoms. The molecule has 0 saturated heterocycles. The minimum Gasteiger partial charge on any atom is -0.411 e. The number of nitrogens with one attached hydrogen (secondary N) is 1. The van der Waals surface area contributed by atoms with Crippen molar-refractivity contribution >= 4 is 35.0 Å². The lowest BCUT2D eigenvalue weighted by Gasteiger charge is -2.19. The number of halogens is 1. The Morgan fingerprint density at radius 3 is 2.56 bits per heavy atom. The molecular weight excluding hydrogens is 382 g/mol. The van der Waals surface area contributed by atoms with Gasteiger partial charge in [-0.15, -0.1) is 10.2 Å². The molecule has 1 aromatic heterocycles. The molecule has 0 atom stereocenters. The Bertz CT molecular complexity index is 933. The van der Waals surface area contributed by atoms with Crippen molar-refractivity contribution in [2.24, 2.45) is 0 Å². The van der Waals surface area contributed by atoms with Crippen LogP contribution in [0.2, 0.25) is 5.02 Å². The van der Waals surface area contributed by atoms with Crippen molar-refractivity contribution in [3.8, 4) is 11.5 Å². The molecule has 0 aliphatic heterocycles. The van der Waals surface area contributed by atoms with E-state index in [0.29, 0.717) is 16.1 Å². The van der Waals surface area contributed by atoms with Crippen LogP contribution in [0.3, 0.4) is 0 Å². The van der Waals surface area contributed by atoms with E-state index in [4.69, 9.17) is 16.0 Å². The van der Waals surface area contributed by atoms with Crippen molar-refractivity contribution in [3.05, 3.63) is 59.1 Å². The number of benzene rings is 2. The molecule has 5 nitrogen and oxygen atoms in total. The van der Waals surface area contributed by atoms with E-state index in [2.05, 4.69) is 36.3 Å². The van der Waals surface area contributed by atoms with Gasteiger partial charge in [0.2, 0.25) is 11.8 Å². The van der Waals surface area contributed by atoms with Crippen LogP contribution >= 0.6 is 23.4 Å². The summed E-state index contributed by atoms with van der Waals surface area (Å²) in [6, 6.07) is 15.0. The van der Waals surface area contributed by atoms with Gasteiger partial charge in [0.05, 0.1) is 5.75 Å². The summed E-state index contributed by atoms with van der Waals surface area (Å²) in [5, 5.41) is 11.8. The lowest BCUT2D eigenvalue weighted by atomic mass is 9.87. The van der Waals surface area contributed by atoms with Crippen LogP contribution in [0, 0.1) is 0 Å². The lowest BCUT2D eigenvalue weighted by Crippen LogP contribution is -2.15. The number of thioether (sulfide) groups is 1. The van der Waals surface area contributed by atoms with Gasteiger partial charge in [0, 0.05) is 16.3 Å². The molecule has 3 aromatic rings. The van der Waals surface area contributed by atoms with Crippen LogP contribution in [0.4, 0.5) is 5.69 Å². The molecular formula is C20H20ClN3O2S. The second-order valence-corrected chi connectivity index (χ2v) is 8.41. The predicted octanol–water partition coefficient (Wildman–Crippen LogP) is 5.42. The number of nitrogens with zero attached hydrogens (tertiary/aromatic N) is 2. The molecule has 0 unspecified atom stereocenters. The molecule has 7 heteroatoms. The largest absolute Gasteiger partial charge is 0.411 e. The van der Waals surface area contributed by atoms with E-state index >= 15 is 0 Å². The molecule has 0 saturated carbocycles. The van der Waals surface area contributed by atoms with Crippen molar-refractivity contribution < 1.29 is 9.21 Å². The van der Waals surface area contributed by atoms with Crippen LogP contribution in [-0.4, -0.2) is 21.9 Å². The molecule has 140 valence electrons. The summed E-state index contributed by atoms with van der Waals surface area (Å²) in [5.41, 5.74) is 2.80. The van der Waals surface area contributed by atoms with Crippen molar-refractivity contribution in [2.75, 3.05) is 11.1 Å². The number of rotatable bonds is 5. The molecule has 0 aliphatic rings. The van der Waals surface area contributed by atoms with Gasteiger partial charge in [-0.1, -0.05) is 62.3 Å². The topological polar surface area (TPSA) is 68.0 Å². The zero-order valence-corrected chi connectivity index (χ0v) is 16.9. The molecule has 3 rings (SSSR count). The minimum atomic E-state index is -0.133. The van der Waals surface area contributed by atoms with Gasteiger partial charge in [-0.05, 0) is 41.3 Å². The zero-order chi connectivity index (χ0) is 19.4. The summed E-state index contributed by atoms with van der Waals surface area (Å²) in [6.07, 6.45) is 0. The number of amides is 1. The normalized spacial score (nSPS) is 11.4. The number of carbonyl (C=O) groups is 1. The summed E-state index contributed by atoms with van der Waals surface area (Å²) in [7, 11) is 0. The van der Waals surface area contributed by atoms with Crippen molar-refractivity contribution in [1.82, 2.24) is 10.2 Å². The highest BCUT2D eigenvalue weighted by atomic mass is 35.5. The SMILES string of the molecule is CC(C)(C)c1ccc(NC(=O)CSc2nnc(-c3cccc(Cl)c3)o2)cc1. The molecule has 1 N–H and O–H groups in total. The maximum Gasteiger partial charge on any atom is 0.277 e. The first-order chi connectivity index (χ1) is 12.8. The monoisotopic (exact) mass is 401 g/mol. The number of anilines is 1. The van der Waals surface area contributed by atoms with Gasteiger partial charge < -0.3 is 9.73 Å². The lowest BCUT2D eigenvalue weighted by molar-refractivity contribution is -0.113. The van der Waals surface area contributed by atoms with Gasteiger partial charge in [-0.3, -0.25) is 4.79 Å². The predicted molar refractivity (Wildman–Crippen MR) is 109 cm³/mol. The Labute approximate surface area is 167 Å². The first-order valence-corrected chi connectivity index (χ1v) is 9.80. The van der Waals surface area contributed by atoms with E-state index in [9.17, 15) is 4.79 Å². The Kier molecular flexibility index (Phi) is 5.87. The first-order valence-electron chi connectivity index (χ1n) is 8.44. The summed E-state index contributed by atoms with van der Waals surface area (Å²) in [6.45, 7) is 6.46. The first kappa shape index (κ1) is 19.5. The second-order valence-electron chi connectivity index (χ2n) is 7.05. The number of carbonyl (C=O) groups excluding carboxylic acids is 1. The Hall–Kier alpha value is -2.31. The smallest absolute Gasteiger partial charge is 0.277 e. The minimum absolute atomic E-state index is 0.0804. The molecule has 0 bridgehead atoms. The summed E-state index contributed by atoms with van der Waals surface area (Å²) < 4.78 is 5.58. The molecule has 1 heterocycles. The molecule has 0 fully saturated rings. The number of hydrogen-bond donors (Lipinski definition) is 1. The summed E-state index contributed by atoms with van der Waals surface area (Å²) in [4.78, 5) is 12.1. The van der Waals surface area contributed by atoms with Gasteiger partial charge >= 0.3 is 0 Å².